The topological polar surface area (TPSA) is 107 Å². The minimum Gasteiger partial charge on any atom is -0.466 e. The molecule has 0 aliphatic carbocycles. The number of benzene rings is 2. The highest BCUT2D eigenvalue weighted by Gasteiger charge is 2.04. The Bertz CT molecular complexity index is 904. The smallest absolute Gasteiger partial charge is 0.337 e. The molecule has 0 aliphatic rings. The van der Waals surface area contributed by atoms with Crippen LogP contribution in [-0.2, 0) is 36.7 Å². The maximum absolute atomic E-state index is 11.1. The predicted octanol–water partition coefficient (Wildman–Crippen LogP) is 5.66. The molecule has 0 saturated heterocycles. The first-order valence-corrected chi connectivity index (χ1v) is 12.9. The summed E-state index contributed by atoms with van der Waals surface area (Å²) >= 11 is 8.98. The van der Waals surface area contributed by atoms with Crippen LogP contribution in [0.2, 0.25) is 0 Å². The summed E-state index contributed by atoms with van der Waals surface area (Å²) in [6.07, 6.45) is 7.20. The molecule has 0 fully saturated rings. The molecule has 9 heteroatoms. The lowest BCUT2D eigenvalue weighted by molar-refractivity contribution is -0.143. The van der Waals surface area contributed by atoms with E-state index < -0.39 is 10.5 Å². The fourth-order valence-electron chi connectivity index (χ4n) is 2.90. The first-order chi connectivity index (χ1) is 17.7. The van der Waals surface area contributed by atoms with Crippen LogP contribution in [-0.4, -0.2) is 47.9 Å². The fourth-order valence-corrected chi connectivity index (χ4v) is 2.90. The van der Waals surface area contributed by atoms with Crippen molar-refractivity contribution in [3.63, 3.8) is 0 Å². The Balaban J connectivity index is 0.000000578. The molecule has 0 saturated carbocycles. The molecule has 0 bridgehead atoms. The number of esters is 2. The van der Waals surface area contributed by atoms with Gasteiger partial charge in [-0.2, -0.15) is 0 Å². The maximum atomic E-state index is 11.1. The minimum atomic E-state index is -1.14. The van der Waals surface area contributed by atoms with Crippen LogP contribution < -0.4 is 0 Å². The number of hydrogen-bond donors (Lipinski definition) is 1. The molecular weight excluding hydrogens is 519 g/mol. The number of methoxy groups -OCH3 is 1. The number of halogens is 2. The van der Waals surface area contributed by atoms with E-state index in [-0.39, 0.29) is 18.5 Å². The lowest BCUT2D eigenvalue weighted by atomic mass is 10.1. The van der Waals surface area contributed by atoms with E-state index in [4.69, 9.17) is 9.84 Å². The third kappa shape index (κ3) is 19.1. The van der Waals surface area contributed by atoms with Gasteiger partial charge in [-0.05, 0) is 91.4 Å². The summed E-state index contributed by atoms with van der Waals surface area (Å²) < 4.78 is 9.68. The van der Waals surface area contributed by atoms with Gasteiger partial charge in [0, 0.05) is 13.0 Å². The van der Waals surface area contributed by atoms with Crippen molar-refractivity contribution in [2.24, 2.45) is 0 Å². The van der Waals surface area contributed by atoms with Crippen molar-refractivity contribution < 1.29 is 33.8 Å². The first-order valence-electron chi connectivity index (χ1n) is 12.1. The average Bonchev–Trinajstić information content (AvgIpc) is 2.90. The van der Waals surface area contributed by atoms with E-state index in [0.29, 0.717) is 18.6 Å². The van der Waals surface area contributed by atoms with Crippen molar-refractivity contribution in [3.8, 4) is 0 Å². The van der Waals surface area contributed by atoms with Gasteiger partial charge in [0.1, 0.15) is 0 Å². The third-order valence-electron chi connectivity index (χ3n) is 4.82. The van der Waals surface area contributed by atoms with Gasteiger partial charge in [-0.1, -0.05) is 49.4 Å². The number of carbonyl (C=O) groups excluding carboxylic acids is 4. The van der Waals surface area contributed by atoms with Crippen LogP contribution in [0.5, 0.6) is 0 Å². The summed E-state index contributed by atoms with van der Waals surface area (Å²) in [5.41, 5.74) is 3.10. The standard InChI is InChI=1S/C14H20O2.C12H16O3.C2Cl2O2/c1-2-8-14(15)16-12-7-6-11-13-9-4-3-5-10-13;1-15-12(14)11-7-5-10(6-8-11)4-2-3-9-13;3-1(5)2(4)6/h3-5,9-10H,2,6-8,11-12H2,1H3;5-8,13H,2-4,9H2,1H3;. The van der Waals surface area contributed by atoms with Gasteiger partial charge in [0.2, 0.25) is 0 Å². The van der Waals surface area contributed by atoms with Crippen LogP contribution >= 0.6 is 23.2 Å². The van der Waals surface area contributed by atoms with E-state index in [1.807, 2.05) is 25.1 Å². The van der Waals surface area contributed by atoms with Crippen LogP contribution in [0.1, 0.15) is 66.9 Å². The summed E-state index contributed by atoms with van der Waals surface area (Å²) in [4.78, 5) is 41.0. The highest BCUT2D eigenvalue weighted by Crippen LogP contribution is 2.09. The monoisotopic (exact) mass is 554 g/mol. The molecule has 0 atom stereocenters. The van der Waals surface area contributed by atoms with E-state index in [1.54, 1.807) is 12.1 Å². The summed E-state index contributed by atoms with van der Waals surface area (Å²) in [5.74, 6) is -0.376. The zero-order valence-electron chi connectivity index (χ0n) is 21.4. The molecule has 204 valence electrons. The molecule has 2 aromatic carbocycles. The number of unbranched alkanes of at least 4 members (excludes halogenated alkanes) is 2. The van der Waals surface area contributed by atoms with Gasteiger partial charge in [0.15, 0.2) is 0 Å². The highest BCUT2D eigenvalue weighted by molar-refractivity contribution is 6.97. The highest BCUT2D eigenvalue weighted by atomic mass is 35.5. The SMILES string of the molecule is CCCC(=O)OCCCCc1ccccc1.COC(=O)c1ccc(CCCCO)cc1.O=C(Cl)C(=O)Cl. The second kappa shape index (κ2) is 22.5. The normalized spacial score (nSPS) is 9.65. The molecule has 2 aromatic rings. The Hall–Kier alpha value is -2.74. The van der Waals surface area contributed by atoms with Crippen molar-refractivity contribution >= 4 is 45.6 Å². The second-order valence-electron chi connectivity index (χ2n) is 7.83. The molecule has 0 radical (unpaired) electrons. The van der Waals surface area contributed by atoms with E-state index in [0.717, 1.165) is 44.9 Å². The molecule has 0 amide bonds. The summed E-state index contributed by atoms with van der Waals surface area (Å²) in [5, 5.41) is 6.35. The number of carbonyl (C=O) groups is 4. The molecule has 0 aliphatic heterocycles. The molecule has 0 spiro atoms. The quantitative estimate of drug-likeness (QED) is 0.147. The summed E-state index contributed by atoms with van der Waals surface area (Å²) in [6, 6.07) is 17.8. The van der Waals surface area contributed by atoms with Gasteiger partial charge in [0.25, 0.3) is 0 Å². The minimum absolute atomic E-state index is 0.0674. The van der Waals surface area contributed by atoms with Crippen molar-refractivity contribution in [2.45, 2.75) is 58.3 Å². The van der Waals surface area contributed by atoms with Crippen molar-refractivity contribution in [3.05, 3.63) is 71.3 Å². The lowest BCUT2D eigenvalue weighted by Crippen LogP contribution is -2.05. The van der Waals surface area contributed by atoms with E-state index >= 15 is 0 Å². The molecule has 2 rings (SSSR count). The van der Waals surface area contributed by atoms with Crippen molar-refractivity contribution in [2.75, 3.05) is 20.3 Å². The van der Waals surface area contributed by atoms with Crippen LogP contribution in [0.25, 0.3) is 0 Å². The van der Waals surface area contributed by atoms with Gasteiger partial charge in [0.05, 0.1) is 19.3 Å². The van der Waals surface area contributed by atoms with Crippen LogP contribution in [0, 0.1) is 0 Å². The molecular formula is C28H36Cl2O7. The van der Waals surface area contributed by atoms with Crippen molar-refractivity contribution in [1.29, 1.82) is 0 Å². The van der Waals surface area contributed by atoms with Crippen LogP contribution in [0.3, 0.4) is 0 Å². The molecule has 0 aromatic heterocycles. The summed E-state index contributed by atoms with van der Waals surface area (Å²) in [7, 11) is 1.37. The Morgan fingerprint density at radius 3 is 1.81 bits per heavy atom. The largest absolute Gasteiger partial charge is 0.466 e. The third-order valence-corrected chi connectivity index (χ3v) is 5.26. The van der Waals surface area contributed by atoms with Crippen molar-refractivity contribution in [1.82, 2.24) is 0 Å². The number of aliphatic hydroxyl groups excluding tert-OH is 1. The molecule has 0 unspecified atom stereocenters. The van der Waals surface area contributed by atoms with Gasteiger partial charge >= 0.3 is 22.4 Å². The fraction of sp³-hybridized carbons (Fsp3) is 0.429. The first kappa shape index (κ1) is 34.3. The lowest BCUT2D eigenvalue weighted by Gasteiger charge is -2.04. The van der Waals surface area contributed by atoms with Gasteiger partial charge < -0.3 is 14.6 Å². The molecule has 0 heterocycles. The Labute approximate surface area is 229 Å². The predicted molar refractivity (Wildman–Crippen MR) is 145 cm³/mol. The number of rotatable bonds is 13. The average molecular weight is 555 g/mol. The van der Waals surface area contributed by atoms with E-state index in [1.165, 1.54) is 18.2 Å². The van der Waals surface area contributed by atoms with Crippen LogP contribution in [0.4, 0.5) is 0 Å². The zero-order valence-corrected chi connectivity index (χ0v) is 22.9. The molecule has 1 N–H and O–H groups in total. The molecule has 37 heavy (non-hydrogen) atoms. The summed E-state index contributed by atoms with van der Waals surface area (Å²) in [6.45, 7) is 2.78. The number of aryl methyl sites for hydroxylation is 2. The Morgan fingerprint density at radius 2 is 1.32 bits per heavy atom. The zero-order chi connectivity index (χ0) is 27.9. The number of ether oxygens (including phenoxy) is 2. The maximum Gasteiger partial charge on any atom is 0.337 e. The van der Waals surface area contributed by atoms with Crippen LogP contribution in [0.15, 0.2) is 54.6 Å². The number of hydrogen-bond acceptors (Lipinski definition) is 7. The van der Waals surface area contributed by atoms with E-state index in [9.17, 15) is 19.2 Å². The van der Waals surface area contributed by atoms with Gasteiger partial charge in [-0.15, -0.1) is 0 Å². The second-order valence-corrected chi connectivity index (χ2v) is 8.52. The van der Waals surface area contributed by atoms with E-state index in [2.05, 4.69) is 52.2 Å². The molecule has 7 nitrogen and oxygen atoms in total. The Kier molecular flexibility index (Phi) is 20.8. The Morgan fingerprint density at radius 1 is 0.784 bits per heavy atom. The number of aliphatic hydroxyl groups is 1. The van der Waals surface area contributed by atoms with Gasteiger partial charge in [-0.3, -0.25) is 14.4 Å². The van der Waals surface area contributed by atoms with Gasteiger partial charge in [-0.25, -0.2) is 4.79 Å².